The highest BCUT2D eigenvalue weighted by atomic mass is 79.9. The molecule has 0 radical (unpaired) electrons. The van der Waals surface area contributed by atoms with Crippen molar-refractivity contribution in [3.8, 4) is 0 Å². The number of nitrogens with one attached hydrogen (secondary N) is 1. The van der Waals surface area contributed by atoms with Crippen molar-refractivity contribution in [2.45, 2.75) is 26.7 Å². The van der Waals surface area contributed by atoms with Gasteiger partial charge in [0.1, 0.15) is 0 Å². The van der Waals surface area contributed by atoms with Gasteiger partial charge in [0.25, 0.3) is 0 Å². The molecular formula is C23H36BrN5O2. The van der Waals surface area contributed by atoms with Crippen molar-refractivity contribution in [1.82, 2.24) is 20.0 Å². The van der Waals surface area contributed by atoms with Crippen LogP contribution in [0.15, 0.2) is 28.7 Å². The topological polar surface area (TPSA) is 59.1 Å². The van der Waals surface area contributed by atoms with E-state index in [1.54, 1.807) is 0 Å². The molecule has 3 amide bonds. The molecule has 7 nitrogen and oxygen atoms in total. The molecule has 1 atom stereocenters. The van der Waals surface area contributed by atoms with Crippen molar-refractivity contribution < 1.29 is 9.59 Å². The number of hydrogen-bond acceptors (Lipinski definition) is 4. The molecule has 2 saturated heterocycles. The largest absolute Gasteiger partial charge is 0.371 e. The van der Waals surface area contributed by atoms with Gasteiger partial charge >= 0.3 is 6.03 Å². The number of benzene rings is 1. The Hall–Kier alpha value is -1.80. The van der Waals surface area contributed by atoms with E-state index >= 15 is 0 Å². The Kier molecular flexibility index (Phi) is 9.02. The second kappa shape index (κ2) is 11.7. The molecule has 3 rings (SSSR count). The van der Waals surface area contributed by atoms with Crippen LogP contribution in [0.3, 0.4) is 0 Å². The van der Waals surface area contributed by atoms with E-state index in [2.05, 4.69) is 49.2 Å². The molecule has 0 spiro atoms. The molecule has 2 heterocycles. The number of likely N-dealkylation sites (N-methyl/N-ethyl adjacent to an activating group) is 1. The average Bonchev–Trinajstić information content (AvgIpc) is 3.12. The SMILES string of the molecule is CCN(CC)C(=O)CN1CCCN(C(=O)NCC2CCN(c3cccc(Br)c3)C2)CC1. The molecule has 1 unspecified atom stereocenters. The fourth-order valence-corrected chi connectivity index (χ4v) is 4.84. The van der Waals surface area contributed by atoms with Crippen molar-refractivity contribution in [2.24, 2.45) is 5.92 Å². The summed E-state index contributed by atoms with van der Waals surface area (Å²) in [5.41, 5.74) is 1.23. The highest BCUT2D eigenvalue weighted by Gasteiger charge is 2.25. The summed E-state index contributed by atoms with van der Waals surface area (Å²) >= 11 is 3.54. The maximum atomic E-state index is 12.7. The molecule has 172 valence electrons. The fourth-order valence-electron chi connectivity index (χ4n) is 4.45. The van der Waals surface area contributed by atoms with Gasteiger partial charge in [-0.15, -0.1) is 0 Å². The smallest absolute Gasteiger partial charge is 0.317 e. The van der Waals surface area contributed by atoms with Crippen molar-refractivity contribution in [2.75, 3.05) is 70.3 Å². The predicted octanol–water partition coefficient (Wildman–Crippen LogP) is 2.86. The number of urea groups is 1. The normalized spacial score (nSPS) is 19.9. The molecule has 31 heavy (non-hydrogen) atoms. The van der Waals surface area contributed by atoms with Gasteiger partial charge in [0.2, 0.25) is 5.91 Å². The molecule has 1 N–H and O–H groups in total. The zero-order valence-corrected chi connectivity index (χ0v) is 20.4. The third kappa shape index (κ3) is 6.84. The van der Waals surface area contributed by atoms with Gasteiger partial charge in [-0.2, -0.15) is 0 Å². The third-order valence-corrected chi connectivity index (χ3v) is 6.85. The monoisotopic (exact) mass is 493 g/mol. The van der Waals surface area contributed by atoms with E-state index < -0.39 is 0 Å². The molecule has 0 bridgehead atoms. The molecule has 8 heteroatoms. The number of rotatable bonds is 7. The molecule has 0 aromatic heterocycles. The summed E-state index contributed by atoms with van der Waals surface area (Å²) in [7, 11) is 0. The molecule has 2 fully saturated rings. The lowest BCUT2D eigenvalue weighted by Gasteiger charge is -2.25. The van der Waals surface area contributed by atoms with Gasteiger partial charge in [-0.1, -0.05) is 22.0 Å². The zero-order chi connectivity index (χ0) is 22.2. The Morgan fingerprint density at radius 3 is 2.68 bits per heavy atom. The molecule has 2 aliphatic heterocycles. The molecular weight excluding hydrogens is 458 g/mol. The summed E-state index contributed by atoms with van der Waals surface area (Å²) in [5, 5.41) is 3.15. The van der Waals surface area contributed by atoms with Crippen LogP contribution in [0.2, 0.25) is 0 Å². The highest BCUT2D eigenvalue weighted by Crippen LogP contribution is 2.26. The van der Waals surface area contributed by atoms with Crippen molar-refractivity contribution in [3.63, 3.8) is 0 Å². The molecule has 1 aromatic rings. The number of carbonyl (C=O) groups excluding carboxylic acids is 2. The first-order chi connectivity index (χ1) is 15.0. The fraction of sp³-hybridized carbons (Fsp3) is 0.652. The van der Waals surface area contributed by atoms with Crippen LogP contribution in [-0.2, 0) is 4.79 Å². The lowest BCUT2D eigenvalue weighted by Crippen LogP contribution is -2.45. The van der Waals surface area contributed by atoms with Crippen LogP contribution in [0.25, 0.3) is 0 Å². The maximum Gasteiger partial charge on any atom is 0.317 e. The van der Waals surface area contributed by atoms with E-state index in [0.29, 0.717) is 25.6 Å². The minimum Gasteiger partial charge on any atom is -0.371 e. The van der Waals surface area contributed by atoms with E-state index in [-0.39, 0.29) is 11.9 Å². The van der Waals surface area contributed by atoms with E-state index in [9.17, 15) is 9.59 Å². The summed E-state index contributed by atoms with van der Waals surface area (Å²) in [4.78, 5) is 33.5. The number of carbonyl (C=O) groups is 2. The van der Waals surface area contributed by atoms with E-state index in [1.807, 2.05) is 29.7 Å². The van der Waals surface area contributed by atoms with Crippen LogP contribution in [0.5, 0.6) is 0 Å². The second-order valence-electron chi connectivity index (χ2n) is 8.45. The van der Waals surface area contributed by atoms with Crippen molar-refractivity contribution >= 4 is 33.6 Å². The minimum absolute atomic E-state index is 0.0258. The second-order valence-corrected chi connectivity index (χ2v) is 9.37. The first kappa shape index (κ1) is 23.9. The van der Waals surface area contributed by atoms with Gasteiger partial charge < -0.3 is 20.0 Å². The minimum atomic E-state index is 0.0258. The third-order valence-electron chi connectivity index (χ3n) is 6.35. The van der Waals surface area contributed by atoms with Crippen molar-refractivity contribution in [3.05, 3.63) is 28.7 Å². The van der Waals surface area contributed by atoms with Crippen LogP contribution in [0.4, 0.5) is 10.5 Å². The lowest BCUT2D eigenvalue weighted by molar-refractivity contribution is -0.132. The molecule has 0 saturated carbocycles. The van der Waals surface area contributed by atoms with Gasteiger partial charge in [0, 0.05) is 69.1 Å². The van der Waals surface area contributed by atoms with Gasteiger partial charge in [0.15, 0.2) is 0 Å². The van der Waals surface area contributed by atoms with Gasteiger partial charge in [0.05, 0.1) is 6.54 Å². The van der Waals surface area contributed by atoms with Crippen LogP contribution >= 0.6 is 15.9 Å². The molecule has 1 aromatic carbocycles. The Bertz CT molecular complexity index is 742. The first-order valence-electron chi connectivity index (χ1n) is 11.5. The average molecular weight is 494 g/mol. The van der Waals surface area contributed by atoms with E-state index in [4.69, 9.17) is 0 Å². The number of anilines is 1. The summed E-state index contributed by atoms with van der Waals surface area (Å²) in [6.07, 6.45) is 1.99. The number of halogens is 1. The quantitative estimate of drug-likeness (QED) is 0.634. The number of amides is 3. The standard InChI is InChI=1S/C23H36BrN5O2/c1-3-27(4-2)22(30)18-26-10-6-11-28(14-13-26)23(31)25-16-19-9-12-29(17-19)21-8-5-7-20(24)15-21/h5,7-8,15,19H,3-4,6,9-14,16-18H2,1-2H3,(H,25,31). The zero-order valence-electron chi connectivity index (χ0n) is 18.9. The van der Waals surface area contributed by atoms with Crippen LogP contribution in [0, 0.1) is 5.92 Å². The van der Waals surface area contributed by atoms with Crippen LogP contribution < -0.4 is 10.2 Å². The summed E-state index contributed by atoms with van der Waals surface area (Å²) in [5.74, 6) is 0.650. The maximum absolute atomic E-state index is 12.7. The summed E-state index contributed by atoms with van der Waals surface area (Å²) < 4.78 is 1.09. The first-order valence-corrected chi connectivity index (χ1v) is 12.3. The summed E-state index contributed by atoms with van der Waals surface area (Å²) in [6, 6.07) is 8.42. The Morgan fingerprint density at radius 1 is 1.13 bits per heavy atom. The van der Waals surface area contributed by atoms with Gasteiger partial charge in [-0.3, -0.25) is 9.69 Å². The highest BCUT2D eigenvalue weighted by molar-refractivity contribution is 9.10. The molecule has 0 aliphatic carbocycles. The van der Waals surface area contributed by atoms with Gasteiger partial charge in [-0.25, -0.2) is 4.79 Å². The van der Waals surface area contributed by atoms with Gasteiger partial charge in [-0.05, 0) is 50.8 Å². The number of hydrogen-bond donors (Lipinski definition) is 1. The molecule has 2 aliphatic rings. The van der Waals surface area contributed by atoms with Crippen LogP contribution in [-0.4, -0.2) is 92.1 Å². The van der Waals surface area contributed by atoms with E-state index in [1.165, 1.54) is 5.69 Å². The predicted molar refractivity (Wildman–Crippen MR) is 128 cm³/mol. The summed E-state index contributed by atoms with van der Waals surface area (Å²) in [6.45, 7) is 11.7. The number of nitrogens with zero attached hydrogens (tertiary/aromatic N) is 4. The van der Waals surface area contributed by atoms with Crippen molar-refractivity contribution in [1.29, 1.82) is 0 Å². The van der Waals surface area contributed by atoms with Crippen LogP contribution in [0.1, 0.15) is 26.7 Å². The Balaban J connectivity index is 1.40. The van der Waals surface area contributed by atoms with E-state index in [0.717, 1.165) is 63.1 Å². The Morgan fingerprint density at radius 2 is 1.94 bits per heavy atom. The Labute approximate surface area is 194 Å². The lowest BCUT2D eigenvalue weighted by atomic mass is 10.1.